The Morgan fingerprint density at radius 3 is 2.71 bits per heavy atom. The third-order valence-corrected chi connectivity index (χ3v) is 8.19. The van der Waals surface area contributed by atoms with Crippen LogP contribution in [0.25, 0.3) is 0 Å². The second-order valence-corrected chi connectivity index (χ2v) is 9.25. The minimum atomic E-state index is -0.836. The summed E-state index contributed by atoms with van der Waals surface area (Å²) in [6, 6.07) is 0. The Hall–Kier alpha value is -0.600. The fourth-order valence-corrected chi connectivity index (χ4v) is 6.74. The Morgan fingerprint density at radius 1 is 1.21 bits per heavy atom. The largest absolute Gasteiger partial charge is 0.377 e. The molecule has 0 aromatic rings. The molecule has 2 nitrogen and oxygen atoms in total. The second-order valence-electron chi connectivity index (χ2n) is 8.71. The minimum Gasteiger partial charge on any atom is -0.377 e. The number of allylic oxidation sites excluding steroid dienone is 4. The smallest absolute Gasteiger partial charge is 0.156 e. The highest BCUT2D eigenvalue weighted by molar-refractivity contribution is 14.1. The molecular formula is C21H25IO2. The number of hydrogen-bond donors (Lipinski definition) is 1. The molecule has 0 saturated heterocycles. The first-order valence-electron chi connectivity index (χ1n) is 9.12. The van der Waals surface area contributed by atoms with Gasteiger partial charge in [-0.2, -0.15) is 0 Å². The van der Waals surface area contributed by atoms with E-state index in [-0.39, 0.29) is 16.6 Å². The molecule has 4 aliphatic carbocycles. The molecule has 2 fully saturated rings. The number of aliphatic hydroxyl groups is 1. The Balaban J connectivity index is 1.75. The van der Waals surface area contributed by atoms with Crippen molar-refractivity contribution in [2.24, 2.45) is 28.6 Å². The van der Waals surface area contributed by atoms with Crippen LogP contribution in [0.2, 0.25) is 0 Å². The number of carbonyl (C=O) groups is 1. The topological polar surface area (TPSA) is 37.3 Å². The molecule has 0 amide bonds. The summed E-state index contributed by atoms with van der Waals surface area (Å²) in [5.41, 5.74) is 0.421. The molecule has 24 heavy (non-hydrogen) atoms. The van der Waals surface area contributed by atoms with Crippen molar-refractivity contribution in [1.29, 1.82) is 0 Å². The van der Waals surface area contributed by atoms with Crippen LogP contribution < -0.4 is 0 Å². The van der Waals surface area contributed by atoms with Gasteiger partial charge in [-0.1, -0.05) is 31.9 Å². The molecule has 0 aromatic carbocycles. The van der Waals surface area contributed by atoms with Gasteiger partial charge in [-0.3, -0.25) is 4.79 Å². The van der Waals surface area contributed by atoms with E-state index in [2.05, 4.69) is 35.8 Å². The number of halogens is 1. The Kier molecular flexibility index (Phi) is 3.82. The number of fused-ring (bicyclic) bond motifs is 5. The maximum absolute atomic E-state index is 11.9. The molecule has 0 aliphatic heterocycles. The standard InChI is InChI=1S/C21H25IO2/c1-19-8-5-15(23)13-14(19)3-4-16-17(19)6-9-20(2)18(16)7-10-21(20,24)11-12-22/h3-4,13,16-18,24H,5-10H2,1-2H3/t16-,17+,18+,19+,20+,21?/m1/s1. The van der Waals surface area contributed by atoms with Gasteiger partial charge in [0.05, 0.1) is 0 Å². The molecule has 3 heteroatoms. The highest BCUT2D eigenvalue weighted by Gasteiger charge is 2.63. The lowest BCUT2D eigenvalue weighted by Gasteiger charge is -2.56. The van der Waals surface area contributed by atoms with E-state index in [1.54, 1.807) is 0 Å². The van der Waals surface area contributed by atoms with E-state index in [1.165, 1.54) is 5.57 Å². The number of rotatable bonds is 0. The molecule has 0 heterocycles. The van der Waals surface area contributed by atoms with E-state index in [9.17, 15) is 9.90 Å². The van der Waals surface area contributed by atoms with Crippen molar-refractivity contribution in [3.63, 3.8) is 0 Å². The summed E-state index contributed by atoms with van der Waals surface area (Å²) in [5.74, 6) is 5.00. The zero-order valence-electron chi connectivity index (χ0n) is 14.4. The molecule has 0 radical (unpaired) electrons. The SMILES string of the molecule is C[C@]12CCC(=O)C=C1C=C[C@@H]1[C@@H]2CC[C@@]2(C)[C@H]1CCC2(O)C#CI. The summed E-state index contributed by atoms with van der Waals surface area (Å²) in [5, 5.41) is 11.2. The average molecular weight is 436 g/mol. The third kappa shape index (κ3) is 2.08. The van der Waals surface area contributed by atoms with Crippen LogP contribution in [-0.2, 0) is 4.79 Å². The molecule has 1 unspecified atom stereocenters. The highest BCUT2D eigenvalue weighted by atomic mass is 127. The first-order valence-corrected chi connectivity index (χ1v) is 10.2. The van der Waals surface area contributed by atoms with Crippen LogP contribution in [0.3, 0.4) is 0 Å². The van der Waals surface area contributed by atoms with Crippen LogP contribution in [0.1, 0.15) is 52.4 Å². The van der Waals surface area contributed by atoms with E-state index >= 15 is 0 Å². The second kappa shape index (κ2) is 5.45. The zero-order valence-corrected chi connectivity index (χ0v) is 16.6. The van der Waals surface area contributed by atoms with Gasteiger partial charge in [-0.15, -0.1) is 0 Å². The molecule has 0 bridgehead atoms. The summed E-state index contributed by atoms with van der Waals surface area (Å²) in [6.45, 7) is 4.62. The zero-order chi connectivity index (χ0) is 17.2. The lowest BCUT2D eigenvalue weighted by Crippen LogP contribution is -2.53. The number of ketones is 1. The van der Waals surface area contributed by atoms with Crippen molar-refractivity contribution in [3.05, 3.63) is 23.8 Å². The number of carbonyl (C=O) groups excluding carboxylic acids is 1. The van der Waals surface area contributed by atoms with Crippen molar-refractivity contribution in [1.82, 2.24) is 0 Å². The molecular weight excluding hydrogens is 411 g/mol. The van der Waals surface area contributed by atoms with Gasteiger partial charge < -0.3 is 5.11 Å². The van der Waals surface area contributed by atoms with Gasteiger partial charge in [0.15, 0.2) is 5.78 Å². The molecule has 4 rings (SSSR count). The fraction of sp³-hybridized carbons (Fsp3) is 0.667. The predicted octanol–water partition coefficient (Wildman–Crippen LogP) is 4.42. The molecule has 4 aliphatic rings. The monoisotopic (exact) mass is 436 g/mol. The van der Waals surface area contributed by atoms with Gasteiger partial charge in [0.25, 0.3) is 0 Å². The summed E-state index contributed by atoms with van der Waals surface area (Å²) in [7, 11) is 0. The van der Waals surface area contributed by atoms with E-state index < -0.39 is 5.60 Å². The van der Waals surface area contributed by atoms with Crippen LogP contribution >= 0.6 is 22.6 Å². The molecule has 0 spiro atoms. The molecule has 128 valence electrons. The Labute approximate surface area is 158 Å². The van der Waals surface area contributed by atoms with Gasteiger partial charge >= 0.3 is 0 Å². The van der Waals surface area contributed by atoms with Crippen molar-refractivity contribution in [3.8, 4) is 9.85 Å². The lowest BCUT2D eigenvalue weighted by atomic mass is 9.48. The van der Waals surface area contributed by atoms with Gasteiger partial charge in [0.1, 0.15) is 5.60 Å². The molecule has 6 atom stereocenters. The summed E-state index contributed by atoms with van der Waals surface area (Å²) < 4.78 is 2.94. The Morgan fingerprint density at radius 2 is 1.96 bits per heavy atom. The summed E-state index contributed by atoms with van der Waals surface area (Å²) in [6.07, 6.45) is 12.1. The summed E-state index contributed by atoms with van der Waals surface area (Å²) in [4.78, 5) is 11.9. The average Bonchev–Trinajstić information content (AvgIpc) is 2.80. The van der Waals surface area contributed by atoms with Crippen LogP contribution in [0.5, 0.6) is 0 Å². The molecule has 0 aromatic heterocycles. The fourth-order valence-electron chi connectivity index (χ4n) is 6.30. The lowest BCUT2D eigenvalue weighted by molar-refractivity contribution is -0.117. The predicted molar refractivity (Wildman–Crippen MR) is 103 cm³/mol. The maximum atomic E-state index is 11.9. The normalized spacial score (nSPS) is 49.4. The van der Waals surface area contributed by atoms with Crippen molar-refractivity contribution < 1.29 is 9.90 Å². The Bertz CT molecular complexity index is 711. The quantitative estimate of drug-likeness (QED) is 0.451. The van der Waals surface area contributed by atoms with Crippen molar-refractivity contribution >= 4 is 28.4 Å². The van der Waals surface area contributed by atoms with Crippen molar-refractivity contribution in [2.45, 2.75) is 58.0 Å². The maximum Gasteiger partial charge on any atom is 0.156 e. The summed E-state index contributed by atoms with van der Waals surface area (Å²) >= 11 is 2.05. The van der Waals surface area contributed by atoms with Gasteiger partial charge in [-0.25, -0.2) is 0 Å². The van der Waals surface area contributed by atoms with E-state index in [0.29, 0.717) is 24.2 Å². The van der Waals surface area contributed by atoms with E-state index in [1.807, 2.05) is 28.7 Å². The third-order valence-electron chi connectivity index (χ3n) is 7.92. The highest BCUT2D eigenvalue weighted by Crippen LogP contribution is 2.66. The van der Waals surface area contributed by atoms with Gasteiger partial charge in [0.2, 0.25) is 0 Å². The van der Waals surface area contributed by atoms with Gasteiger partial charge in [-0.05, 0) is 70.8 Å². The van der Waals surface area contributed by atoms with E-state index in [0.717, 1.165) is 32.1 Å². The van der Waals surface area contributed by atoms with Crippen LogP contribution in [0.15, 0.2) is 23.8 Å². The minimum absolute atomic E-state index is 0.112. The first kappa shape index (κ1) is 16.8. The van der Waals surface area contributed by atoms with Crippen LogP contribution in [-0.4, -0.2) is 16.5 Å². The molecule has 1 N–H and O–H groups in total. The molecule has 2 saturated carbocycles. The van der Waals surface area contributed by atoms with Crippen molar-refractivity contribution in [2.75, 3.05) is 0 Å². The van der Waals surface area contributed by atoms with E-state index in [4.69, 9.17) is 0 Å². The van der Waals surface area contributed by atoms with Crippen LogP contribution in [0.4, 0.5) is 0 Å². The van der Waals surface area contributed by atoms with Crippen LogP contribution in [0, 0.1) is 38.4 Å². The first-order chi connectivity index (χ1) is 11.3. The number of hydrogen-bond acceptors (Lipinski definition) is 2. The van der Waals surface area contributed by atoms with Gasteiger partial charge in [0, 0.05) is 34.4 Å².